The minimum Gasteiger partial charge on any atom is -0.490 e. The maximum absolute atomic E-state index is 5.97. The largest absolute Gasteiger partial charge is 0.490 e. The molecule has 1 aromatic carbocycles. The van der Waals surface area contributed by atoms with E-state index in [9.17, 15) is 0 Å². The molecule has 0 saturated heterocycles. The maximum atomic E-state index is 5.97. The summed E-state index contributed by atoms with van der Waals surface area (Å²) in [5.41, 5.74) is 6.75. The average molecular weight is 223 g/mol. The summed E-state index contributed by atoms with van der Waals surface area (Å²) in [4.78, 5) is 0. The van der Waals surface area contributed by atoms with Crippen molar-refractivity contribution >= 4 is 14.5 Å². The highest BCUT2D eigenvalue weighted by atomic mass is 31.0. The van der Waals surface area contributed by atoms with Crippen LogP contribution in [-0.2, 0) is 6.54 Å². The first-order valence-electron chi connectivity index (χ1n) is 5.54. The number of rotatable bonds is 3. The van der Waals surface area contributed by atoms with Gasteiger partial charge in [-0.05, 0) is 37.3 Å². The van der Waals surface area contributed by atoms with Gasteiger partial charge in [0, 0.05) is 11.8 Å². The van der Waals surface area contributed by atoms with Gasteiger partial charge in [-0.3, -0.25) is 0 Å². The van der Waals surface area contributed by atoms with Gasteiger partial charge in [-0.2, -0.15) is 0 Å². The van der Waals surface area contributed by atoms with E-state index in [1.54, 1.807) is 0 Å². The molecule has 1 aliphatic rings. The molecule has 2 N–H and O–H groups in total. The summed E-state index contributed by atoms with van der Waals surface area (Å²) in [7, 11) is 2.72. The van der Waals surface area contributed by atoms with Crippen LogP contribution in [0.4, 0.5) is 0 Å². The van der Waals surface area contributed by atoms with Crippen molar-refractivity contribution in [2.75, 3.05) is 0 Å². The van der Waals surface area contributed by atoms with Gasteiger partial charge in [0.1, 0.15) is 5.75 Å². The molecule has 0 heterocycles. The van der Waals surface area contributed by atoms with E-state index in [-0.39, 0.29) is 0 Å². The summed E-state index contributed by atoms with van der Waals surface area (Å²) >= 11 is 0. The Morgan fingerprint density at radius 3 is 2.73 bits per heavy atom. The summed E-state index contributed by atoms with van der Waals surface area (Å²) in [5.74, 6) is 0.981. The Hall–Kier alpha value is -0.590. The molecule has 0 spiro atoms. The molecule has 0 aliphatic heterocycles. The van der Waals surface area contributed by atoms with E-state index >= 15 is 0 Å². The minimum absolute atomic E-state index is 0.414. The first-order valence-corrected chi connectivity index (χ1v) is 6.12. The van der Waals surface area contributed by atoms with Crippen molar-refractivity contribution in [1.29, 1.82) is 0 Å². The van der Waals surface area contributed by atoms with Crippen LogP contribution in [0.15, 0.2) is 18.2 Å². The van der Waals surface area contributed by atoms with E-state index in [0.717, 1.165) is 16.6 Å². The fourth-order valence-corrected chi connectivity index (χ4v) is 2.24. The van der Waals surface area contributed by atoms with Gasteiger partial charge in [0.05, 0.1) is 6.10 Å². The summed E-state index contributed by atoms with van der Waals surface area (Å²) in [6.45, 7) is 0.575. The zero-order chi connectivity index (χ0) is 10.7. The molecule has 1 atom stereocenters. The van der Waals surface area contributed by atoms with Crippen molar-refractivity contribution in [1.82, 2.24) is 0 Å². The maximum Gasteiger partial charge on any atom is 0.127 e. The minimum atomic E-state index is 0.414. The number of nitrogens with two attached hydrogens (primary N) is 1. The summed E-state index contributed by atoms with van der Waals surface area (Å²) in [5, 5.41) is 1.12. The lowest BCUT2D eigenvalue weighted by atomic mass is 10.2. The van der Waals surface area contributed by atoms with Crippen molar-refractivity contribution in [2.45, 2.75) is 38.3 Å². The Bertz CT molecular complexity index is 334. The molecule has 1 unspecified atom stereocenters. The SMILES string of the molecule is NCc1ccc(P)c(OC2CCCC2)c1. The lowest BCUT2D eigenvalue weighted by molar-refractivity contribution is 0.212. The Labute approximate surface area is 93.4 Å². The van der Waals surface area contributed by atoms with Gasteiger partial charge in [-0.25, -0.2) is 0 Å². The Kier molecular flexibility index (Phi) is 3.61. The van der Waals surface area contributed by atoms with Gasteiger partial charge < -0.3 is 10.5 Å². The molecule has 0 bridgehead atoms. The third kappa shape index (κ3) is 2.70. The standard InChI is InChI=1S/C12H18NOP/c13-8-9-5-6-12(15)11(7-9)14-10-3-1-2-4-10/h5-7,10H,1-4,8,13,15H2. The van der Waals surface area contributed by atoms with Gasteiger partial charge in [0.15, 0.2) is 0 Å². The second-order valence-corrected chi connectivity index (χ2v) is 4.72. The number of benzene rings is 1. The van der Waals surface area contributed by atoms with Gasteiger partial charge >= 0.3 is 0 Å². The molecule has 15 heavy (non-hydrogen) atoms. The van der Waals surface area contributed by atoms with Crippen molar-refractivity contribution < 1.29 is 4.74 Å². The molecule has 2 nitrogen and oxygen atoms in total. The predicted molar refractivity (Wildman–Crippen MR) is 66.6 cm³/mol. The molecule has 0 amide bonds. The molecule has 3 heteroatoms. The van der Waals surface area contributed by atoms with Gasteiger partial charge in [0.2, 0.25) is 0 Å². The number of ether oxygens (including phenoxy) is 1. The Morgan fingerprint density at radius 1 is 1.33 bits per heavy atom. The highest BCUT2D eigenvalue weighted by molar-refractivity contribution is 7.27. The van der Waals surface area contributed by atoms with Crippen LogP contribution in [0.25, 0.3) is 0 Å². The number of hydrogen-bond acceptors (Lipinski definition) is 2. The fraction of sp³-hybridized carbons (Fsp3) is 0.500. The van der Waals surface area contributed by atoms with Crippen molar-refractivity contribution in [2.24, 2.45) is 5.73 Å². The highest BCUT2D eigenvalue weighted by Gasteiger charge is 2.17. The van der Waals surface area contributed by atoms with Crippen molar-refractivity contribution in [3.05, 3.63) is 23.8 Å². The summed E-state index contributed by atoms with van der Waals surface area (Å²) in [6, 6.07) is 6.15. The molecule has 2 rings (SSSR count). The average Bonchev–Trinajstić information content (AvgIpc) is 2.74. The molecular formula is C12H18NOP. The van der Waals surface area contributed by atoms with Crippen LogP contribution in [0.5, 0.6) is 5.75 Å². The number of hydrogen-bond donors (Lipinski definition) is 1. The van der Waals surface area contributed by atoms with Crippen molar-refractivity contribution in [3.63, 3.8) is 0 Å². The van der Waals surface area contributed by atoms with Crippen LogP contribution in [0.1, 0.15) is 31.2 Å². The van der Waals surface area contributed by atoms with E-state index in [1.165, 1.54) is 25.7 Å². The smallest absolute Gasteiger partial charge is 0.127 e. The van der Waals surface area contributed by atoms with E-state index in [4.69, 9.17) is 10.5 Å². The van der Waals surface area contributed by atoms with Crippen molar-refractivity contribution in [3.8, 4) is 5.75 Å². The van der Waals surface area contributed by atoms with Crippen LogP contribution in [0, 0.1) is 0 Å². The quantitative estimate of drug-likeness (QED) is 0.795. The highest BCUT2D eigenvalue weighted by Crippen LogP contribution is 2.24. The normalized spacial score (nSPS) is 16.9. The molecular weight excluding hydrogens is 205 g/mol. The lowest BCUT2D eigenvalue weighted by Gasteiger charge is -2.15. The lowest BCUT2D eigenvalue weighted by Crippen LogP contribution is -2.15. The second-order valence-electron chi connectivity index (χ2n) is 4.10. The second kappa shape index (κ2) is 4.96. The molecule has 1 saturated carbocycles. The molecule has 1 fully saturated rings. The van der Waals surface area contributed by atoms with Gasteiger partial charge in [-0.15, -0.1) is 9.24 Å². The Balaban J connectivity index is 2.11. The van der Waals surface area contributed by atoms with Crippen LogP contribution in [-0.4, -0.2) is 6.10 Å². The third-order valence-corrected chi connectivity index (χ3v) is 3.39. The van der Waals surface area contributed by atoms with Gasteiger partial charge in [0.25, 0.3) is 0 Å². The first-order chi connectivity index (χ1) is 7.29. The van der Waals surface area contributed by atoms with Crippen LogP contribution in [0.2, 0.25) is 0 Å². The first kappa shape index (κ1) is 10.9. The fourth-order valence-electron chi connectivity index (χ4n) is 1.99. The molecule has 82 valence electrons. The molecule has 1 aromatic rings. The molecule has 0 aromatic heterocycles. The zero-order valence-electron chi connectivity index (χ0n) is 8.91. The van der Waals surface area contributed by atoms with E-state index in [0.29, 0.717) is 12.6 Å². The van der Waals surface area contributed by atoms with Crippen LogP contribution < -0.4 is 15.8 Å². The molecule has 0 radical (unpaired) electrons. The monoisotopic (exact) mass is 223 g/mol. The zero-order valence-corrected chi connectivity index (χ0v) is 10.1. The summed E-state index contributed by atoms with van der Waals surface area (Å²) < 4.78 is 5.97. The van der Waals surface area contributed by atoms with E-state index in [1.807, 2.05) is 6.07 Å². The molecule has 1 aliphatic carbocycles. The topological polar surface area (TPSA) is 35.2 Å². The van der Waals surface area contributed by atoms with Gasteiger partial charge in [-0.1, -0.05) is 12.1 Å². The van der Waals surface area contributed by atoms with Crippen LogP contribution in [0.3, 0.4) is 0 Å². The van der Waals surface area contributed by atoms with E-state index in [2.05, 4.69) is 21.4 Å². The summed E-state index contributed by atoms with van der Waals surface area (Å²) in [6.07, 6.45) is 5.40. The predicted octanol–water partition coefficient (Wildman–Crippen LogP) is 1.97. The van der Waals surface area contributed by atoms with E-state index < -0.39 is 0 Å². The van der Waals surface area contributed by atoms with Crippen LogP contribution >= 0.6 is 9.24 Å². The third-order valence-electron chi connectivity index (χ3n) is 2.91. The Morgan fingerprint density at radius 2 is 2.07 bits per heavy atom.